The number of nitrogens with zero attached hydrogens (tertiary/aromatic N) is 2. The highest BCUT2D eigenvalue weighted by Crippen LogP contribution is 2.43. The minimum absolute atomic E-state index is 0.129. The Morgan fingerprint density at radius 2 is 2.22 bits per heavy atom. The number of nitrogen functional groups attached to an aromatic ring is 1. The largest absolute Gasteiger partial charge is 0.492 e. The van der Waals surface area contributed by atoms with Crippen LogP contribution < -0.4 is 10.5 Å². The number of anilines is 1. The van der Waals surface area contributed by atoms with Gasteiger partial charge in [-0.15, -0.1) is 0 Å². The van der Waals surface area contributed by atoms with Crippen LogP contribution in [0.15, 0.2) is 18.2 Å². The SMILES string of the molecule is CCOc1cccc2c1nc(N)n2C1(C)CCC1. The second-order valence-electron chi connectivity index (χ2n) is 5.21. The number of imidazole rings is 1. The molecule has 96 valence electrons. The van der Waals surface area contributed by atoms with Crippen molar-refractivity contribution in [3.8, 4) is 5.75 Å². The smallest absolute Gasteiger partial charge is 0.201 e. The quantitative estimate of drug-likeness (QED) is 0.904. The predicted molar refractivity (Wildman–Crippen MR) is 72.8 cm³/mol. The van der Waals surface area contributed by atoms with Gasteiger partial charge in [0.25, 0.3) is 0 Å². The Kier molecular flexibility index (Phi) is 2.47. The van der Waals surface area contributed by atoms with Crippen molar-refractivity contribution >= 4 is 17.0 Å². The van der Waals surface area contributed by atoms with Gasteiger partial charge >= 0.3 is 0 Å². The molecule has 1 saturated carbocycles. The Balaban J connectivity index is 2.21. The van der Waals surface area contributed by atoms with Crippen molar-refractivity contribution in [2.75, 3.05) is 12.3 Å². The van der Waals surface area contributed by atoms with E-state index >= 15 is 0 Å². The summed E-state index contributed by atoms with van der Waals surface area (Å²) in [6.07, 6.45) is 3.60. The van der Waals surface area contributed by atoms with Crippen molar-refractivity contribution in [2.24, 2.45) is 0 Å². The highest BCUT2D eigenvalue weighted by molar-refractivity contribution is 5.84. The summed E-state index contributed by atoms with van der Waals surface area (Å²) in [5.74, 6) is 1.42. The van der Waals surface area contributed by atoms with Gasteiger partial charge in [-0.2, -0.15) is 0 Å². The molecule has 1 heterocycles. The van der Waals surface area contributed by atoms with E-state index in [2.05, 4.69) is 22.5 Å². The summed E-state index contributed by atoms with van der Waals surface area (Å²) in [6, 6.07) is 6.03. The van der Waals surface area contributed by atoms with Crippen LogP contribution in [0.1, 0.15) is 33.1 Å². The van der Waals surface area contributed by atoms with Crippen LogP contribution in [0.2, 0.25) is 0 Å². The fourth-order valence-electron chi connectivity index (χ4n) is 2.84. The summed E-state index contributed by atoms with van der Waals surface area (Å²) in [7, 11) is 0. The van der Waals surface area contributed by atoms with Crippen molar-refractivity contribution in [2.45, 2.75) is 38.6 Å². The van der Waals surface area contributed by atoms with Crippen LogP contribution in [0.5, 0.6) is 5.75 Å². The number of ether oxygens (including phenoxy) is 1. The number of fused-ring (bicyclic) bond motifs is 1. The number of hydrogen-bond donors (Lipinski definition) is 1. The molecule has 2 N–H and O–H groups in total. The lowest BCUT2D eigenvalue weighted by atomic mass is 9.78. The van der Waals surface area contributed by atoms with Crippen molar-refractivity contribution in [1.29, 1.82) is 0 Å². The normalized spacial score (nSPS) is 17.7. The fourth-order valence-corrected chi connectivity index (χ4v) is 2.84. The number of aromatic nitrogens is 2. The maximum atomic E-state index is 6.11. The fraction of sp³-hybridized carbons (Fsp3) is 0.500. The third-order valence-corrected chi connectivity index (χ3v) is 3.94. The zero-order valence-corrected chi connectivity index (χ0v) is 10.9. The van der Waals surface area contributed by atoms with Gasteiger partial charge in [0.2, 0.25) is 5.95 Å². The average molecular weight is 245 g/mol. The third kappa shape index (κ3) is 1.48. The monoisotopic (exact) mass is 245 g/mol. The summed E-state index contributed by atoms with van der Waals surface area (Å²) in [6.45, 7) is 4.87. The van der Waals surface area contributed by atoms with E-state index in [1.165, 1.54) is 19.3 Å². The summed E-state index contributed by atoms with van der Waals surface area (Å²) in [5, 5.41) is 0. The molecule has 2 aromatic rings. The molecule has 4 heteroatoms. The first kappa shape index (κ1) is 11.4. The lowest BCUT2D eigenvalue weighted by molar-refractivity contribution is 0.177. The third-order valence-electron chi connectivity index (χ3n) is 3.94. The minimum atomic E-state index is 0.129. The summed E-state index contributed by atoms with van der Waals surface area (Å²) >= 11 is 0. The number of para-hydroxylation sites is 1. The molecule has 0 spiro atoms. The molecule has 1 aromatic carbocycles. The van der Waals surface area contributed by atoms with E-state index < -0.39 is 0 Å². The Hall–Kier alpha value is -1.71. The van der Waals surface area contributed by atoms with Crippen molar-refractivity contribution in [1.82, 2.24) is 9.55 Å². The van der Waals surface area contributed by atoms with Crippen molar-refractivity contribution in [3.05, 3.63) is 18.2 Å². The molecule has 1 aliphatic rings. The van der Waals surface area contributed by atoms with Gasteiger partial charge in [0.15, 0.2) is 0 Å². The van der Waals surface area contributed by atoms with Crippen molar-refractivity contribution < 1.29 is 4.74 Å². The van der Waals surface area contributed by atoms with Gasteiger partial charge in [-0.25, -0.2) is 4.98 Å². The predicted octanol–water partition coefficient (Wildman–Crippen LogP) is 2.92. The second-order valence-corrected chi connectivity index (χ2v) is 5.21. The molecule has 0 unspecified atom stereocenters. The second kappa shape index (κ2) is 3.90. The van der Waals surface area contributed by atoms with Gasteiger partial charge in [-0.1, -0.05) is 6.07 Å². The van der Waals surface area contributed by atoms with Gasteiger partial charge in [-0.3, -0.25) is 0 Å². The maximum absolute atomic E-state index is 6.11. The zero-order valence-electron chi connectivity index (χ0n) is 10.9. The Morgan fingerprint density at radius 1 is 1.44 bits per heavy atom. The summed E-state index contributed by atoms with van der Waals surface area (Å²) in [4.78, 5) is 4.50. The van der Waals surface area contributed by atoms with E-state index in [0.29, 0.717) is 12.6 Å². The molecule has 0 saturated heterocycles. The van der Waals surface area contributed by atoms with Crippen LogP contribution in [0.4, 0.5) is 5.95 Å². The Bertz CT molecular complexity index is 584. The molecular formula is C14H19N3O. The molecule has 1 aromatic heterocycles. The molecule has 0 radical (unpaired) electrons. The van der Waals surface area contributed by atoms with E-state index in [0.717, 1.165) is 16.8 Å². The first-order valence-electron chi connectivity index (χ1n) is 6.56. The topological polar surface area (TPSA) is 53.1 Å². The van der Waals surface area contributed by atoms with Crippen LogP contribution in [-0.2, 0) is 5.54 Å². The summed E-state index contributed by atoms with van der Waals surface area (Å²) in [5.41, 5.74) is 8.20. The van der Waals surface area contributed by atoms with Gasteiger partial charge in [0.1, 0.15) is 11.3 Å². The van der Waals surface area contributed by atoms with Crippen LogP contribution in [-0.4, -0.2) is 16.2 Å². The van der Waals surface area contributed by atoms with Crippen LogP contribution in [0.25, 0.3) is 11.0 Å². The first-order valence-corrected chi connectivity index (χ1v) is 6.56. The molecule has 1 aliphatic carbocycles. The van der Waals surface area contributed by atoms with E-state index in [1.807, 2.05) is 19.1 Å². The Labute approximate surface area is 107 Å². The average Bonchev–Trinajstić information content (AvgIpc) is 2.64. The highest BCUT2D eigenvalue weighted by Gasteiger charge is 2.36. The highest BCUT2D eigenvalue weighted by atomic mass is 16.5. The molecule has 18 heavy (non-hydrogen) atoms. The summed E-state index contributed by atoms with van der Waals surface area (Å²) < 4.78 is 7.80. The van der Waals surface area contributed by atoms with Crippen LogP contribution >= 0.6 is 0 Å². The van der Waals surface area contributed by atoms with E-state index in [4.69, 9.17) is 10.5 Å². The lowest BCUT2D eigenvalue weighted by Crippen LogP contribution is -2.37. The number of hydrogen-bond acceptors (Lipinski definition) is 3. The number of rotatable bonds is 3. The first-order chi connectivity index (χ1) is 8.65. The van der Waals surface area contributed by atoms with Gasteiger partial charge < -0.3 is 15.0 Å². The zero-order chi connectivity index (χ0) is 12.8. The van der Waals surface area contributed by atoms with E-state index in [1.54, 1.807) is 0 Å². The van der Waals surface area contributed by atoms with Crippen LogP contribution in [0, 0.1) is 0 Å². The molecule has 0 atom stereocenters. The minimum Gasteiger partial charge on any atom is -0.492 e. The number of nitrogens with two attached hydrogens (primary N) is 1. The molecular weight excluding hydrogens is 226 g/mol. The standard InChI is InChI=1S/C14H19N3O/c1-3-18-11-7-4-6-10-12(11)16-13(15)17(10)14(2)8-5-9-14/h4,6-7H,3,5,8-9H2,1-2H3,(H2,15,16). The molecule has 0 bridgehead atoms. The van der Waals surface area contributed by atoms with E-state index in [9.17, 15) is 0 Å². The lowest BCUT2D eigenvalue weighted by Gasteiger charge is -2.40. The molecule has 4 nitrogen and oxygen atoms in total. The van der Waals surface area contributed by atoms with Crippen LogP contribution in [0.3, 0.4) is 0 Å². The molecule has 3 rings (SSSR count). The van der Waals surface area contributed by atoms with Crippen molar-refractivity contribution in [3.63, 3.8) is 0 Å². The van der Waals surface area contributed by atoms with Gasteiger partial charge in [0.05, 0.1) is 12.1 Å². The maximum Gasteiger partial charge on any atom is 0.201 e. The van der Waals surface area contributed by atoms with Gasteiger partial charge in [0, 0.05) is 5.54 Å². The van der Waals surface area contributed by atoms with E-state index in [-0.39, 0.29) is 5.54 Å². The molecule has 1 fully saturated rings. The Morgan fingerprint density at radius 3 is 2.83 bits per heavy atom. The molecule has 0 aliphatic heterocycles. The number of benzene rings is 1. The molecule has 0 amide bonds. The van der Waals surface area contributed by atoms with Gasteiger partial charge in [-0.05, 0) is 45.2 Å².